The molecule has 0 saturated carbocycles. The number of nitrogens with zero attached hydrogens (tertiary/aromatic N) is 1. The Balaban J connectivity index is -0.0000000260. The third kappa shape index (κ3) is 89.5. The fourth-order valence-corrected chi connectivity index (χ4v) is 0.313. The van der Waals surface area contributed by atoms with Gasteiger partial charge in [0.05, 0.1) is 0 Å². The number of pyridine rings is 1. The summed E-state index contributed by atoms with van der Waals surface area (Å²) >= 11 is 0. The Morgan fingerprint density at radius 2 is 1.00 bits per heavy atom. The first kappa shape index (κ1) is 36.0. The van der Waals surface area contributed by atoms with Crippen molar-refractivity contribution in [3.05, 3.63) is 51.6 Å². The normalized spacial score (nSPS) is 6.71. The molecule has 0 spiro atoms. The van der Waals surface area contributed by atoms with Crippen molar-refractivity contribution >= 4 is 0 Å². The van der Waals surface area contributed by atoms with Gasteiger partial charge in [-0.25, -0.2) is 0 Å². The summed E-state index contributed by atoms with van der Waals surface area (Å²) < 4.78 is 0. The summed E-state index contributed by atoms with van der Waals surface area (Å²) in [5.74, 6) is 0. The van der Waals surface area contributed by atoms with Crippen LogP contribution >= 0.6 is 0 Å². The Kier molecular flexibility index (Phi) is 52.6. The molecule has 0 aliphatic heterocycles. The first-order valence-corrected chi connectivity index (χ1v) is 4.85. The van der Waals surface area contributed by atoms with Crippen molar-refractivity contribution in [2.75, 3.05) is 0 Å². The van der Waals surface area contributed by atoms with Crippen LogP contribution in [-0.4, -0.2) is 4.98 Å². The van der Waals surface area contributed by atoms with Gasteiger partial charge in [-0.1, -0.05) is 47.6 Å². The van der Waals surface area contributed by atoms with E-state index in [1.165, 1.54) is 0 Å². The molecule has 17 heavy (non-hydrogen) atoms. The second-order valence-corrected chi connectivity index (χ2v) is 4.02. The molecule has 1 rings (SSSR count). The van der Waals surface area contributed by atoms with Crippen LogP contribution in [0.25, 0.3) is 6.15 Å². The monoisotopic (exact) mass is 422 g/mol. The van der Waals surface area contributed by atoms with E-state index in [9.17, 15) is 0 Å². The van der Waals surface area contributed by atoms with Crippen molar-refractivity contribution in [3.63, 3.8) is 0 Å². The minimum atomic E-state index is 0. The number of rotatable bonds is 0. The number of aromatic nitrogens is 1. The number of hydrogen-bond donors (Lipinski definition) is 0. The average molecular weight is 422 g/mol. The van der Waals surface area contributed by atoms with Crippen LogP contribution in [0.1, 0.15) is 41.5 Å². The molecule has 1 aromatic heterocycles. The van der Waals surface area contributed by atoms with Crippen molar-refractivity contribution in [2.45, 2.75) is 41.5 Å². The van der Waals surface area contributed by atoms with Gasteiger partial charge in [-0.2, -0.15) is 0 Å². The fourth-order valence-electron chi connectivity index (χ4n) is 0.313. The smallest absolute Gasteiger partial charge is 0.0267 e. The van der Waals surface area contributed by atoms with Gasteiger partial charge >= 0.3 is 0 Å². The average Bonchev–Trinajstić information content (AvgIpc) is 2.08. The zero-order chi connectivity index (χ0) is 10.7. The number of hydrogen-bond acceptors (Lipinski definition) is 1. The molecule has 0 atom stereocenters. The molecule has 0 bridgehead atoms. The van der Waals surface area contributed by atoms with Crippen LogP contribution in [0.15, 0.2) is 30.6 Å². The molecular formula is C14H31N2Pt-3. The zero-order valence-electron chi connectivity index (χ0n) is 12.7. The molecule has 3 heteroatoms. The Bertz CT molecular complexity index is 139. The van der Waals surface area contributed by atoms with Crippen LogP contribution in [0, 0.1) is 20.3 Å². The van der Waals surface area contributed by atoms with Crippen LogP contribution in [0.5, 0.6) is 0 Å². The van der Waals surface area contributed by atoms with Gasteiger partial charge in [-0.15, -0.1) is 0 Å². The van der Waals surface area contributed by atoms with E-state index in [2.05, 4.69) is 32.7 Å². The van der Waals surface area contributed by atoms with Gasteiger partial charge in [0.1, 0.15) is 0 Å². The van der Waals surface area contributed by atoms with Crippen molar-refractivity contribution in [2.24, 2.45) is 5.41 Å². The van der Waals surface area contributed by atoms with E-state index in [0.29, 0.717) is 5.41 Å². The second-order valence-electron chi connectivity index (χ2n) is 4.02. The van der Waals surface area contributed by atoms with E-state index in [1.807, 2.05) is 32.0 Å². The molecule has 0 aliphatic rings. The molecule has 2 N–H and O–H groups in total. The molecule has 0 aromatic carbocycles. The van der Waals surface area contributed by atoms with Gasteiger partial charge in [0.15, 0.2) is 0 Å². The standard InChI is InChI=1S/C5H5N.C5H12.C2H6.2CH3.H2N.Pt/c1-2-4-6-5-3-1;1-5(2,3)4;1-2;;;;/h1-5H;1-4H3;1-2H3;2*1H3;1H2;/q;;;3*-1;. The Hall–Kier alpha value is -0.202. The van der Waals surface area contributed by atoms with E-state index in [1.54, 1.807) is 12.4 Å². The van der Waals surface area contributed by atoms with Gasteiger partial charge in [0.2, 0.25) is 0 Å². The third-order valence-electron chi connectivity index (χ3n) is 0.566. The summed E-state index contributed by atoms with van der Waals surface area (Å²) in [4.78, 5) is 3.78. The Labute approximate surface area is 124 Å². The largest absolute Gasteiger partial charge is 0.693 e. The predicted octanol–water partition coefficient (Wildman–Crippen LogP) is 5.78. The summed E-state index contributed by atoms with van der Waals surface area (Å²) in [6.45, 7) is 12.8. The minimum Gasteiger partial charge on any atom is -0.693 e. The summed E-state index contributed by atoms with van der Waals surface area (Å²) in [6, 6.07) is 5.72. The molecule has 110 valence electrons. The molecule has 0 fully saturated rings. The molecule has 0 saturated heterocycles. The summed E-state index contributed by atoms with van der Waals surface area (Å²) in [6.07, 6.45) is 3.50. The van der Waals surface area contributed by atoms with Crippen LogP contribution in [0.4, 0.5) is 0 Å². The molecule has 2 nitrogen and oxygen atoms in total. The van der Waals surface area contributed by atoms with Gasteiger partial charge in [-0.3, -0.25) is 4.98 Å². The maximum atomic E-state index is 3.78. The van der Waals surface area contributed by atoms with Crippen LogP contribution in [0.3, 0.4) is 0 Å². The predicted molar refractivity (Wildman–Crippen MR) is 78.8 cm³/mol. The van der Waals surface area contributed by atoms with Gasteiger partial charge < -0.3 is 21.0 Å². The van der Waals surface area contributed by atoms with E-state index in [-0.39, 0.29) is 42.1 Å². The summed E-state index contributed by atoms with van der Waals surface area (Å²) in [7, 11) is 0. The molecule has 0 aliphatic carbocycles. The fraction of sp³-hybridized carbons (Fsp3) is 0.500. The topological polar surface area (TPSA) is 46.4 Å². The molecule has 1 aromatic rings. The number of nitrogens with two attached hydrogens (primary N) is 1. The zero-order valence-corrected chi connectivity index (χ0v) is 15.0. The first-order valence-electron chi connectivity index (χ1n) is 4.85. The molecule has 0 radical (unpaired) electrons. The second kappa shape index (κ2) is 24.9. The van der Waals surface area contributed by atoms with Gasteiger partial charge in [0, 0.05) is 33.5 Å². The van der Waals surface area contributed by atoms with E-state index in [4.69, 9.17) is 0 Å². The first-order chi connectivity index (χ1) is 6.00. The van der Waals surface area contributed by atoms with Gasteiger partial charge in [-0.05, 0) is 17.5 Å². The van der Waals surface area contributed by atoms with E-state index < -0.39 is 0 Å². The summed E-state index contributed by atoms with van der Waals surface area (Å²) in [5.41, 5.74) is 0.500. The molecular weight excluding hydrogens is 391 g/mol. The molecule has 0 amide bonds. The minimum absolute atomic E-state index is 0. The maximum absolute atomic E-state index is 3.78. The third-order valence-corrected chi connectivity index (χ3v) is 0.566. The molecule has 0 unspecified atom stereocenters. The Morgan fingerprint density at radius 1 is 0.765 bits per heavy atom. The Morgan fingerprint density at radius 3 is 1.06 bits per heavy atom. The van der Waals surface area contributed by atoms with Crippen molar-refractivity contribution in [3.8, 4) is 0 Å². The van der Waals surface area contributed by atoms with Crippen molar-refractivity contribution < 1.29 is 21.1 Å². The van der Waals surface area contributed by atoms with Crippen molar-refractivity contribution in [1.29, 1.82) is 0 Å². The van der Waals surface area contributed by atoms with E-state index >= 15 is 0 Å². The van der Waals surface area contributed by atoms with Gasteiger partial charge in [0.25, 0.3) is 0 Å². The van der Waals surface area contributed by atoms with Crippen molar-refractivity contribution in [1.82, 2.24) is 4.98 Å². The summed E-state index contributed by atoms with van der Waals surface area (Å²) in [5, 5.41) is 0. The maximum Gasteiger partial charge on any atom is 0.0267 e. The van der Waals surface area contributed by atoms with Crippen LogP contribution in [-0.2, 0) is 21.1 Å². The van der Waals surface area contributed by atoms with Crippen LogP contribution in [0.2, 0.25) is 0 Å². The molecule has 1 heterocycles. The SMILES string of the molecule is CC.CC(C)(C)C.[CH3-].[CH3-].[NH2-].[Pt].c1ccncc1. The van der Waals surface area contributed by atoms with Crippen LogP contribution < -0.4 is 0 Å². The quantitative estimate of drug-likeness (QED) is 0.489. The van der Waals surface area contributed by atoms with E-state index in [0.717, 1.165) is 0 Å².